The second kappa shape index (κ2) is 6.38. The van der Waals surface area contributed by atoms with E-state index in [1.807, 2.05) is 6.92 Å². The summed E-state index contributed by atoms with van der Waals surface area (Å²) in [6.45, 7) is 8.99. The lowest BCUT2D eigenvalue weighted by Crippen LogP contribution is -2.34. The summed E-state index contributed by atoms with van der Waals surface area (Å²) < 4.78 is 5.31. The standard InChI is InChI=1S/C11H25NO2/c1-9(8-10(2)13)12-7-6-11(3,4)14-5/h9-10,12-13H,6-8H2,1-5H3. The minimum Gasteiger partial charge on any atom is -0.393 e. The molecule has 2 atom stereocenters. The monoisotopic (exact) mass is 203 g/mol. The molecule has 3 heteroatoms. The van der Waals surface area contributed by atoms with Crippen molar-refractivity contribution < 1.29 is 9.84 Å². The fourth-order valence-electron chi connectivity index (χ4n) is 1.32. The fourth-order valence-corrected chi connectivity index (χ4v) is 1.32. The number of methoxy groups -OCH3 is 1. The van der Waals surface area contributed by atoms with Crippen LogP contribution in [0.2, 0.25) is 0 Å². The largest absolute Gasteiger partial charge is 0.393 e. The van der Waals surface area contributed by atoms with Crippen molar-refractivity contribution in [1.82, 2.24) is 5.32 Å². The molecule has 0 aliphatic heterocycles. The van der Waals surface area contributed by atoms with E-state index in [2.05, 4.69) is 26.1 Å². The van der Waals surface area contributed by atoms with Crippen LogP contribution >= 0.6 is 0 Å². The summed E-state index contributed by atoms with van der Waals surface area (Å²) in [5.41, 5.74) is -0.0580. The Labute approximate surface area is 87.8 Å². The number of rotatable bonds is 7. The minimum atomic E-state index is -0.229. The Kier molecular flexibility index (Phi) is 6.33. The molecule has 0 aromatic rings. The second-order valence-electron chi connectivity index (χ2n) is 4.65. The maximum Gasteiger partial charge on any atom is 0.0634 e. The third kappa shape index (κ3) is 7.30. The first-order valence-corrected chi connectivity index (χ1v) is 5.34. The van der Waals surface area contributed by atoms with Crippen LogP contribution in [0.4, 0.5) is 0 Å². The van der Waals surface area contributed by atoms with Crippen molar-refractivity contribution in [3.8, 4) is 0 Å². The zero-order valence-corrected chi connectivity index (χ0v) is 10.1. The summed E-state index contributed by atoms with van der Waals surface area (Å²) in [6, 6.07) is 0.364. The number of aliphatic hydroxyl groups is 1. The highest BCUT2D eigenvalue weighted by Gasteiger charge is 2.16. The predicted molar refractivity (Wildman–Crippen MR) is 59.5 cm³/mol. The van der Waals surface area contributed by atoms with E-state index >= 15 is 0 Å². The average Bonchev–Trinajstić information content (AvgIpc) is 2.02. The normalized spacial score (nSPS) is 16.7. The highest BCUT2D eigenvalue weighted by Crippen LogP contribution is 2.11. The first-order chi connectivity index (χ1) is 6.37. The Hall–Kier alpha value is -0.120. The van der Waals surface area contributed by atoms with Crippen molar-refractivity contribution in [2.45, 2.75) is 58.3 Å². The summed E-state index contributed by atoms with van der Waals surface area (Å²) in [5, 5.41) is 12.5. The molecule has 0 saturated carbocycles. The molecule has 0 bridgehead atoms. The van der Waals surface area contributed by atoms with Gasteiger partial charge >= 0.3 is 0 Å². The van der Waals surface area contributed by atoms with Crippen LogP contribution in [0.5, 0.6) is 0 Å². The number of hydrogen-bond acceptors (Lipinski definition) is 3. The van der Waals surface area contributed by atoms with E-state index in [-0.39, 0.29) is 11.7 Å². The van der Waals surface area contributed by atoms with Crippen molar-refractivity contribution >= 4 is 0 Å². The van der Waals surface area contributed by atoms with Crippen molar-refractivity contribution in [3.05, 3.63) is 0 Å². The van der Waals surface area contributed by atoms with Gasteiger partial charge in [-0.15, -0.1) is 0 Å². The van der Waals surface area contributed by atoms with Crippen LogP contribution in [0.25, 0.3) is 0 Å². The maximum absolute atomic E-state index is 9.16. The van der Waals surface area contributed by atoms with Gasteiger partial charge in [-0.2, -0.15) is 0 Å². The molecular formula is C11H25NO2. The molecule has 3 nitrogen and oxygen atoms in total. The van der Waals surface area contributed by atoms with Crippen LogP contribution in [0.1, 0.15) is 40.5 Å². The van der Waals surface area contributed by atoms with Gasteiger partial charge in [-0.3, -0.25) is 0 Å². The lowest BCUT2D eigenvalue weighted by molar-refractivity contribution is 0.0152. The molecule has 0 aliphatic carbocycles. The van der Waals surface area contributed by atoms with Crippen molar-refractivity contribution in [2.75, 3.05) is 13.7 Å². The lowest BCUT2D eigenvalue weighted by atomic mass is 10.0. The number of aliphatic hydroxyl groups excluding tert-OH is 1. The number of hydrogen-bond donors (Lipinski definition) is 2. The molecule has 0 heterocycles. The third-order valence-corrected chi connectivity index (χ3v) is 2.47. The van der Waals surface area contributed by atoms with E-state index in [9.17, 15) is 0 Å². The molecule has 0 amide bonds. The van der Waals surface area contributed by atoms with Crippen LogP contribution in [0, 0.1) is 0 Å². The third-order valence-electron chi connectivity index (χ3n) is 2.47. The van der Waals surface area contributed by atoms with E-state index in [1.165, 1.54) is 0 Å². The van der Waals surface area contributed by atoms with Gasteiger partial charge in [-0.05, 0) is 47.1 Å². The Balaban J connectivity index is 3.53. The van der Waals surface area contributed by atoms with Gasteiger partial charge in [0, 0.05) is 13.2 Å². The van der Waals surface area contributed by atoms with Crippen LogP contribution in [0.3, 0.4) is 0 Å². The van der Waals surface area contributed by atoms with E-state index < -0.39 is 0 Å². The molecule has 2 N–H and O–H groups in total. The highest BCUT2D eigenvalue weighted by molar-refractivity contribution is 4.71. The second-order valence-corrected chi connectivity index (χ2v) is 4.65. The first-order valence-electron chi connectivity index (χ1n) is 5.34. The van der Waals surface area contributed by atoms with Gasteiger partial charge in [-0.1, -0.05) is 0 Å². The Morgan fingerprint density at radius 2 is 1.93 bits per heavy atom. The molecular weight excluding hydrogens is 178 g/mol. The number of ether oxygens (including phenoxy) is 1. The molecule has 0 saturated heterocycles. The van der Waals surface area contributed by atoms with Crippen LogP contribution in [0.15, 0.2) is 0 Å². The van der Waals surface area contributed by atoms with E-state index in [1.54, 1.807) is 7.11 Å². The molecule has 0 fully saturated rings. The number of nitrogens with one attached hydrogen (secondary N) is 1. The zero-order valence-electron chi connectivity index (χ0n) is 10.1. The van der Waals surface area contributed by atoms with Gasteiger partial charge in [0.25, 0.3) is 0 Å². The van der Waals surface area contributed by atoms with Gasteiger partial charge in [0.05, 0.1) is 11.7 Å². The molecule has 0 aromatic heterocycles. The molecule has 0 aliphatic rings. The molecule has 0 aromatic carbocycles. The molecule has 2 unspecified atom stereocenters. The summed E-state index contributed by atoms with van der Waals surface area (Å²) in [6.07, 6.45) is 1.55. The van der Waals surface area contributed by atoms with E-state index in [0.29, 0.717) is 6.04 Å². The quantitative estimate of drug-likeness (QED) is 0.659. The Bertz CT molecular complexity index is 146. The summed E-state index contributed by atoms with van der Waals surface area (Å²) >= 11 is 0. The van der Waals surface area contributed by atoms with E-state index in [4.69, 9.17) is 9.84 Å². The molecule has 14 heavy (non-hydrogen) atoms. The average molecular weight is 203 g/mol. The van der Waals surface area contributed by atoms with Crippen molar-refractivity contribution in [3.63, 3.8) is 0 Å². The molecule has 0 spiro atoms. The van der Waals surface area contributed by atoms with Gasteiger partial charge < -0.3 is 15.2 Å². The smallest absolute Gasteiger partial charge is 0.0634 e. The molecule has 86 valence electrons. The predicted octanol–water partition coefficient (Wildman–Crippen LogP) is 1.55. The fraction of sp³-hybridized carbons (Fsp3) is 1.00. The van der Waals surface area contributed by atoms with Crippen molar-refractivity contribution in [2.24, 2.45) is 0 Å². The molecule has 0 radical (unpaired) electrons. The van der Waals surface area contributed by atoms with Gasteiger partial charge in [-0.25, -0.2) is 0 Å². The highest BCUT2D eigenvalue weighted by atomic mass is 16.5. The first kappa shape index (κ1) is 13.9. The van der Waals surface area contributed by atoms with Gasteiger partial charge in [0.1, 0.15) is 0 Å². The van der Waals surface area contributed by atoms with Crippen LogP contribution in [-0.4, -0.2) is 36.5 Å². The van der Waals surface area contributed by atoms with E-state index in [0.717, 1.165) is 19.4 Å². The van der Waals surface area contributed by atoms with Gasteiger partial charge in [0.15, 0.2) is 0 Å². The Morgan fingerprint density at radius 3 is 2.36 bits per heavy atom. The molecule has 0 rings (SSSR count). The Morgan fingerprint density at radius 1 is 1.36 bits per heavy atom. The topological polar surface area (TPSA) is 41.5 Å². The minimum absolute atomic E-state index is 0.0580. The lowest BCUT2D eigenvalue weighted by Gasteiger charge is -2.24. The zero-order chi connectivity index (χ0) is 11.2. The maximum atomic E-state index is 9.16. The van der Waals surface area contributed by atoms with Crippen LogP contribution in [-0.2, 0) is 4.74 Å². The van der Waals surface area contributed by atoms with Gasteiger partial charge in [0.2, 0.25) is 0 Å². The van der Waals surface area contributed by atoms with Crippen LogP contribution < -0.4 is 5.32 Å². The van der Waals surface area contributed by atoms with Crippen molar-refractivity contribution in [1.29, 1.82) is 0 Å². The summed E-state index contributed by atoms with van der Waals surface area (Å²) in [4.78, 5) is 0. The SMILES string of the molecule is COC(C)(C)CCNC(C)CC(C)O. The summed E-state index contributed by atoms with van der Waals surface area (Å²) in [7, 11) is 1.74. The summed E-state index contributed by atoms with van der Waals surface area (Å²) in [5.74, 6) is 0.